The Labute approximate surface area is 126 Å². The van der Waals surface area contributed by atoms with Crippen molar-refractivity contribution in [1.29, 1.82) is 0 Å². The monoisotopic (exact) mass is 310 g/mol. The average Bonchev–Trinajstić information content (AvgIpc) is 2.80. The van der Waals surface area contributed by atoms with Gasteiger partial charge in [0, 0.05) is 30.7 Å². The highest BCUT2D eigenvalue weighted by Crippen LogP contribution is 2.27. The molecule has 112 valence electrons. The van der Waals surface area contributed by atoms with Crippen LogP contribution in [-0.4, -0.2) is 47.9 Å². The van der Waals surface area contributed by atoms with Gasteiger partial charge in [0.2, 0.25) is 11.8 Å². The van der Waals surface area contributed by atoms with Gasteiger partial charge in [0.25, 0.3) is 0 Å². The number of carbonyl (C=O) groups excluding carboxylic acids is 2. The van der Waals surface area contributed by atoms with Crippen LogP contribution in [0.25, 0.3) is 0 Å². The molecule has 2 amide bonds. The van der Waals surface area contributed by atoms with E-state index in [1.165, 1.54) is 11.9 Å². The molecule has 1 aliphatic heterocycles. The van der Waals surface area contributed by atoms with Crippen LogP contribution in [0.5, 0.6) is 0 Å². The van der Waals surface area contributed by atoms with Gasteiger partial charge < -0.3 is 14.9 Å². The Bertz CT molecular complexity index is 573. The second-order valence-corrected chi connectivity index (χ2v) is 5.41. The largest absolute Gasteiger partial charge is 0.480 e. The molecule has 1 N–H and O–H groups in total. The molecule has 0 spiro atoms. The molecule has 0 aromatic heterocycles. The smallest absolute Gasteiger partial charge is 0.323 e. The minimum absolute atomic E-state index is 0.0887. The fourth-order valence-electron chi connectivity index (χ4n) is 2.34. The standard InChI is InChI=1S/C14H15ClN2O4/c1-16(8-13(19)20)14(21)9-6-12(18)17(7-9)11-4-2-10(15)3-5-11/h2-5,9H,6-8H2,1H3,(H,19,20). The summed E-state index contributed by atoms with van der Waals surface area (Å²) in [4.78, 5) is 37.4. The summed E-state index contributed by atoms with van der Waals surface area (Å²) in [6, 6.07) is 6.79. The van der Waals surface area contributed by atoms with Crippen LogP contribution in [-0.2, 0) is 14.4 Å². The van der Waals surface area contributed by atoms with Crippen LogP contribution >= 0.6 is 11.6 Å². The van der Waals surface area contributed by atoms with Gasteiger partial charge in [-0.15, -0.1) is 0 Å². The highest BCUT2D eigenvalue weighted by Gasteiger charge is 2.36. The molecule has 1 aliphatic rings. The predicted octanol–water partition coefficient (Wildman–Crippen LogP) is 1.24. The summed E-state index contributed by atoms with van der Waals surface area (Å²) in [6.45, 7) is -0.117. The number of likely N-dealkylation sites (N-methyl/N-ethyl adjacent to an activating group) is 1. The fraction of sp³-hybridized carbons (Fsp3) is 0.357. The number of benzene rings is 1. The third kappa shape index (κ3) is 3.52. The third-order valence-electron chi connectivity index (χ3n) is 3.36. The number of amides is 2. The molecule has 1 atom stereocenters. The normalized spacial score (nSPS) is 17.9. The minimum Gasteiger partial charge on any atom is -0.480 e. The van der Waals surface area contributed by atoms with E-state index in [2.05, 4.69) is 0 Å². The van der Waals surface area contributed by atoms with E-state index in [9.17, 15) is 14.4 Å². The second kappa shape index (κ2) is 6.13. The van der Waals surface area contributed by atoms with Crippen molar-refractivity contribution in [3.63, 3.8) is 0 Å². The zero-order valence-corrected chi connectivity index (χ0v) is 12.2. The van der Waals surface area contributed by atoms with Gasteiger partial charge in [0.05, 0.1) is 5.92 Å². The zero-order chi connectivity index (χ0) is 15.6. The number of anilines is 1. The molecule has 0 bridgehead atoms. The molecule has 7 heteroatoms. The van der Waals surface area contributed by atoms with Crippen molar-refractivity contribution in [2.75, 3.05) is 25.0 Å². The summed E-state index contributed by atoms with van der Waals surface area (Å²) in [7, 11) is 1.42. The Hall–Kier alpha value is -2.08. The molecular formula is C14H15ClN2O4. The highest BCUT2D eigenvalue weighted by atomic mass is 35.5. The Morgan fingerprint density at radius 2 is 2.00 bits per heavy atom. The number of aliphatic carboxylic acids is 1. The molecule has 0 aliphatic carbocycles. The SMILES string of the molecule is CN(CC(=O)O)C(=O)C1CC(=O)N(c2ccc(Cl)cc2)C1. The van der Waals surface area contributed by atoms with Crippen molar-refractivity contribution in [2.45, 2.75) is 6.42 Å². The minimum atomic E-state index is -1.08. The summed E-state index contributed by atoms with van der Waals surface area (Å²) in [5.41, 5.74) is 0.681. The van der Waals surface area contributed by atoms with Gasteiger partial charge in [0.15, 0.2) is 0 Å². The number of hydrogen-bond acceptors (Lipinski definition) is 3. The first-order valence-corrected chi connectivity index (χ1v) is 6.79. The van der Waals surface area contributed by atoms with Crippen molar-refractivity contribution in [2.24, 2.45) is 5.92 Å². The Balaban J connectivity index is 2.07. The molecule has 21 heavy (non-hydrogen) atoms. The van der Waals surface area contributed by atoms with Crippen LogP contribution in [0.2, 0.25) is 5.02 Å². The fourth-order valence-corrected chi connectivity index (χ4v) is 2.46. The van der Waals surface area contributed by atoms with Crippen molar-refractivity contribution in [1.82, 2.24) is 4.90 Å². The van der Waals surface area contributed by atoms with E-state index in [1.54, 1.807) is 24.3 Å². The first-order valence-electron chi connectivity index (χ1n) is 6.41. The molecule has 0 radical (unpaired) electrons. The number of hydrogen-bond donors (Lipinski definition) is 1. The van der Waals surface area contributed by atoms with Crippen molar-refractivity contribution in [3.8, 4) is 0 Å². The second-order valence-electron chi connectivity index (χ2n) is 4.97. The van der Waals surface area contributed by atoms with E-state index < -0.39 is 11.9 Å². The zero-order valence-electron chi connectivity index (χ0n) is 11.5. The van der Waals surface area contributed by atoms with Crippen LogP contribution in [0.4, 0.5) is 5.69 Å². The molecule has 1 saturated heterocycles. The average molecular weight is 311 g/mol. The molecule has 2 rings (SSSR count). The summed E-state index contributed by atoms with van der Waals surface area (Å²) >= 11 is 5.80. The molecule has 1 aromatic rings. The van der Waals surface area contributed by atoms with Crippen LogP contribution in [0.3, 0.4) is 0 Å². The number of halogens is 1. The van der Waals surface area contributed by atoms with Gasteiger partial charge in [-0.2, -0.15) is 0 Å². The van der Waals surface area contributed by atoms with E-state index in [0.29, 0.717) is 10.7 Å². The van der Waals surface area contributed by atoms with Crippen LogP contribution in [0.1, 0.15) is 6.42 Å². The van der Waals surface area contributed by atoms with E-state index in [1.807, 2.05) is 0 Å². The lowest BCUT2D eigenvalue weighted by molar-refractivity contribution is -0.145. The van der Waals surface area contributed by atoms with Crippen molar-refractivity contribution >= 4 is 35.1 Å². The molecular weight excluding hydrogens is 296 g/mol. The van der Waals surface area contributed by atoms with Crippen LogP contribution in [0, 0.1) is 5.92 Å². The first kappa shape index (κ1) is 15.3. The number of carbonyl (C=O) groups is 3. The van der Waals surface area contributed by atoms with Gasteiger partial charge >= 0.3 is 5.97 Å². The van der Waals surface area contributed by atoms with E-state index in [4.69, 9.17) is 16.7 Å². The van der Waals surface area contributed by atoms with Gasteiger partial charge in [-0.3, -0.25) is 14.4 Å². The lowest BCUT2D eigenvalue weighted by atomic mass is 10.1. The van der Waals surface area contributed by atoms with Crippen molar-refractivity contribution in [3.05, 3.63) is 29.3 Å². The van der Waals surface area contributed by atoms with E-state index in [0.717, 1.165) is 4.90 Å². The maximum atomic E-state index is 12.1. The Morgan fingerprint density at radius 1 is 1.38 bits per heavy atom. The molecule has 1 heterocycles. The number of carboxylic acids is 1. The summed E-state index contributed by atoms with van der Waals surface area (Å²) < 4.78 is 0. The lowest BCUT2D eigenvalue weighted by Crippen LogP contribution is -2.37. The topological polar surface area (TPSA) is 77.9 Å². The number of carboxylic acid groups (broad SMARTS) is 1. The Morgan fingerprint density at radius 3 is 2.57 bits per heavy atom. The van der Waals surface area contributed by atoms with Gasteiger partial charge in [-0.05, 0) is 24.3 Å². The Kier molecular flexibility index (Phi) is 4.47. The lowest BCUT2D eigenvalue weighted by Gasteiger charge is -2.20. The number of nitrogens with zero attached hydrogens (tertiary/aromatic N) is 2. The molecule has 1 unspecified atom stereocenters. The van der Waals surface area contributed by atoms with Gasteiger partial charge in [0.1, 0.15) is 6.54 Å². The van der Waals surface area contributed by atoms with E-state index >= 15 is 0 Å². The van der Waals surface area contributed by atoms with E-state index in [-0.39, 0.29) is 31.3 Å². The summed E-state index contributed by atoms with van der Waals surface area (Å²) in [6.07, 6.45) is 0.0887. The maximum absolute atomic E-state index is 12.1. The molecule has 0 saturated carbocycles. The first-order chi connectivity index (χ1) is 9.88. The molecule has 1 aromatic carbocycles. The van der Waals surface area contributed by atoms with Crippen LogP contribution < -0.4 is 4.90 Å². The predicted molar refractivity (Wildman–Crippen MR) is 77.2 cm³/mol. The highest BCUT2D eigenvalue weighted by molar-refractivity contribution is 6.30. The molecule has 1 fully saturated rings. The summed E-state index contributed by atoms with van der Waals surface area (Å²) in [5.74, 6) is -2.08. The maximum Gasteiger partial charge on any atom is 0.323 e. The van der Waals surface area contributed by atoms with Gasteiger partial charge in [-0.25, -0.2) is 0 Å². The number of rotatable bonds is 4. The third-order valence-corrected chi connectivity index (χ3v) is 3.61. The quantitative estimate of drug-likeness (QED) is 0.907. The van der Waals surface area contributed by atoms with Crippen LogP contribution in [0.15, 0.2) is 24.3 Å². The summed E-state index contributed by atoms with van der Waals surface area (Å²) in [5, 5.41) is 9.27. The van der Waals surface area contributed by atoms with Crippen molar-refractivity contribution < 1.29 is 19.5 Å². The van der Waals surface area contributed by atoms with Gasteiger partial charge in [-0.1, -0.05) is 11.6 Å². The molecule has 6 nitrogen and oxygen atoms in total.